The Balaban J connectivity index is 1.97. The molecule has 0 aliphatic carbocycles. The Morgan fingerprint density at radius 1 is 1.23 bits per heavy atom. The maximum absolute atomic E-state index is 12.6. The summed E-state index contributed by atoms with van der Waals surface area (Å²) < 4.78 is 2.93. The van der Waals surface area contributed by atoms with Crippen LogP contribution in [0.2, 0.25) is 5.02 Å². The third-order valence-corrected chi connectivity index (χ3v) is 5.13. The number of aryl methyl sites for hydroxylation is 1. The van der Waals surface area contributed by atoms with Gasteiger partial charge in [0.2, 0.25) is 0 Å². The molecule has 0 saturated carbocycles. The van der Waals surface area contributed by atoms with Crippen LogP contribution in [0.5, 0.6) is 0 Å². The molecule has 6 nitrogen and oxygen atoms in total. The maximum Gasteiger partial charge on any atom is 0.318 e. The van der Waals surface area contributed by atoms with E-state index >= 15 is 0 Å². The highest BCUT2D eigenvalue weighted by atomic mass is 35.5. The maximum atomic E-state index is 12.6. The average Bonchev–Trinajstić information content (AvgIpc) is 2.84. The molecule has 2 aromatic heterocycles. The second kappa shape index (κ2) is 4.93. The van der Waals surface area contributed by atoms with Gasteiger partial charge in [-0.25, -0.2) is 4.98 Å². The lowest BCUT2D eigenvalue weighted by atomic mass is 9.99. The minimum absolute atomic E-state index is 0.0244. The van der Waals surface area contributed by atoms with E-state index in [0.29, 0.717) is 28.3 Å². The molecule has 2 unspecified atom stereocenters. The minimum Gasteiger partial charge on any atom is -0.311 e. The zero-order valence-corrected chi connectivity index (χ0v) is 13.0. The Hall–Kier alpha value is -1.66. The molecule has 4 heterocycles. The van der Waals surface area contributed by atoms with Crippen LogP contribution in [0.15, 0.2) is 21.9 Å². The van der Waals surface area contributed by atoms with E-state index in [1.807, 2.05) is 0 Å². The number of piperidine rings is 1. The molecule has 0 amide bonds. The fourth-order valence-corrected chi connectivity index (χ4v) is 4.03. The van der Waals surface area contributed by atoms with E-state index in [2.05, 4.69) is 10.3 Å². The summed E-state index contributed by atoms with van der Waals surface area (Å²) in [5.41, 5.74) is 0.129. The molecule has 2 aliphatic heterocycles. The van der Waals surface area contributed by atoms with E-state index < -0.39 is 11.1 Å². The first-order chi connectivity index (χ1) is 10.5. The van der Waals surface area contributed by atoms with Crippen LogP contribution in [0.3, 0.4) is 0 Å². The van der Waals surface area contributed by atoms with Crippen molar-refractivity contribution in [3.8, 4) is 0 Å². The van der Waals surface area contributed by atoms with Crippen LogP contribution >= 0.6 is 11.6 Å². The van der Waals surface area contributed by atoms with Crippen molar-refractivity contribution in [1.82, 2.24) is 19.4 Å². The Labute approximate surface area is 131 Å². The number of hydrogen-bond donors (Lipinski definition) is 1. The van der Waals surface area contributed by atoms with Crippen LogP contribution in [0, 0.1) is 0 Å². The van der Waals surface area contributed by atoms with E-state index in [9.17, 15) is 9.59 Å². The number of pyridine rings is 1. The van der Waals surface area contributed by atoms with Crippen LogP contribution in [0.25, 0.3) is 11.2 Å². The summed E-state index contributed by atoms with van der Waals surface area (Å²) in [7, 11) is 1.58. The summed E-state index contributed by atoms with van der Waals surface area (Å²) in [6.07, 6.45) is 5.53. The monoisotopic (exact) mass is 320 g/mol. The number of halogens is 1. The highest BCUT2D eigenvalue weighted by Crippen LogP contribution is 2.34. The largest absolute Gasteiger partial charge is 0.318 e. The van der Waals surface area contributed by atoms with Gasteiger partial charge in [0.05, 0.1) is 10.5 Å². The van der Waals surface area contributed by atoms with Gasteiger partial charge in [-0.15, -0.1) is 0 Å². The fourth-order valence-electron chi connectivity index (χ4n) is 3.88. The van der Waals surface area contributed by atoms with Crippen molar-refractivity contribution in [2.75, 3.05) is 0 Å². The van der Waals surface area contributed by atoms with Gasteiger partial charge in [0, 0.05) is 31.4 Å². The Kier molecular flexibility index (Phi) is 3.13. The van der Waals surface area contributed by atoms with E-state index in [1.54, 1.807) is 17.7 Å². The molecule has 22 heavy (non-hydrogen) atoms. The lowest BCUT2D eigenvalue weighted by Crippen LogP contribution is -2.46. The predicted octanol–water partition coefficient (Wildman–Crippen LogP) is 1.20. The van der Waals surface area contributed by atoms with Gasteiger partial charge in [-0.1, -0.05) is 11.6 Å². The van der Waals surface area contributed by atoms with E-state index in [1.165, 1.54) is 10.8 Å². The fraction of sp³-hybridized carbons (Fsp3) is 0.533. The smallest absolute Gasteiger partial charge is 0.311 e. The molecule has 0 spiro atoms. The van der Waals surface area contributed by atoms with Gasteiger partial charge >= 0.3 is 11.1 Å². The molecular weight excluding hydrogens is 304 g/mol. The predicted molar refractivity (Wildman–Crippen MR) is 84.5 cm³/mol. The second-order valence-corrected chi connectivity index (χ2v) is 6.74. The first kappa shape index (κ1) is 14.0. The van der Waals surface area contributed by atoms with Gasteiger partial charge in [-0.2, -0.15) is 0 Å². The summed E-state index contributed by atoms with van der Waals surface area (Å²) in [6.45, 7) is 0. The first-order valence-electron chi connectivity index (χ1n) is 7.57. The number of nitrogens with one attached hydrogen (secondary N) is 1. The number of nitrogens with zero attached hydrogens (tertiary/aromatic N) is 3. The Bertz CT molecular complexity index is 860. The second-order valence-electron chi connectivity index (χ2n) is 6.30. The SMILES string of the molecule is Cn1c(=O)c(=O)n(C2CC3CCC(C2)N3)c2ncc(Cl)cc21. The highest BCUT2D eigenvalue weighted by molar-refractivity contribution is 6.31. The Morgan fingerprint density at radius 2 is 1.91 bits per heavy atom. The van der Waals surface area contributed by atoms with Crippen LogP contribution < -0.4 is 16.4 Å². The van der Waals surface area contributed by atoms with Crippen molar-refractivity contribution in [2.45, 2.75) is 43.8 Å². The molecule has 4 rings (SSSR count). The lowest BCUT2D eigenvalue weighted by molar-refractivity contribution is 0.297. The highest BCUT2D eigenvalue weighted by Gasteiger charge is 2.35. The number of aromatic nitrogens is 3. The lowest BCUT2D eigenvalue weighted by Gasteiger charge is -2.31. The van der Waals surface area contributed by atoms with Gasteiger partial charge in [-0.05, 0) is 31.7 Å². The van der Waals surface area contributed by atoms with E-state index in [0.717, 1.165) is 25.7 Å². The average molecular weight is 321 g/mol. The standard InChI is InChI=1S/C15H17ClN4O2/c1-19-12-4-8(16)7-17-13(12)20(15(22)14(19)21)11-5-9-2-3-10(6-11)18-9/h4,7,9-11,18H,2-3,5-6H2,1H3. The molecule has 2 aromatic rings. The van der Waals surface area contributed by atoms with Crippen molar-refractivity contribution in [1.29, 1.82) is 0 Å². The molecular formula is C15H17ClN4O2. The molecule has 2 bridgehead atoms. The molecule has 116 valence electrons. The van der Waals surface area contributed by atoms with Crippen molar-refractivity contribution < 1.29 is 0 Å². The third kappa shape index (κ3) is 2.01. The third-order valence-electron chi connectivity index (χ3n) is 4.92. The van der Waals surface area contributed by atoms with Gasteiger partial charge in [-0.3, -0.25) is 14.2 Å². The summed E-state index contributed by atoms with van der Waals surface area (Å²) in [6, 6.07) is 2.58. The van der Waals surface area contributed by atoms with Crippen molar-refractivity contribution >= 4 is 22.8 Å². The zero-order valence-electron chi connectivity index (χ0n) is 12.3. The molecule has 7 heteroatoms. The Morgan fingerprint density at radius 3 is 2.59 bits per heavy atom. The van der Waals surface area contributed by atoms with Crippen LogP contribution in [-0.4, -0.2) is 26.2 Å². The molecule has 2 aliphatic rings. The topological polar surface area (TPSA) is 68.9 Å². The van der Waals surface area contributed by atoms with Crippen LogP contribution in [0.4, 0.5) is 0 Å². The van der Waals surface area contributed by atoms with Crippen molar-refractivity contribution in [2.24, 2.45) is 7.05 Å². The number of rotatable bonds is 1. The zero-order chi connectivity index (χ0) is 15.4. The summed E-state index contributed by atoms with van der Waals surface area (Å²) in [5, 5.41) is 4.01. The van der Waals surface area contributed by atoms with Gasteiger partial charge in [0.15, 0.2) is 5.65 Å². The molecule has 2 fully saturated rings. The van der Waals surface area contributed by atoms with Crippen molar-refractivity contribution in [3.05, 3.63) is 38.0 Å². The summed E-state index contributed by atoms with van der Waals surface area (Å²) in [5.74, 6) is 0. The number of fused-ring (bicyclic) bond motifs is 3. The molecule has 1 N–H and O–H groups in total. The molecule has 0 aromatic carbocycles. The van der Waals surface area contributed by atoms with Gasteiger partial charge < -0.3 is 9.88 Å². The number of hydrogen-bond acceptors (Lipinski definition) is 4. The normalized spacial score (nSPS) is 27.5. The van der Waals surface area contributed by atoms with Crippen LogP contribution in [-0.2, 0) is 7.05 Å². The quantitative estimate of drug-likeness (QED) is 0.802. The van der Waals surface area contributed by atoms with Crippen LogP contribution in [0.1, 0.15) is 31.7 Å². The van der Waals surface area contributed by atoms with Crippen molar-refractivity contribution in [3.63, 3.8) is 0 Å². The van der Waals surface area contributed by atoms with Gasteiger partial charge in [0.1, 0.15) is 0 Å². The molecule has 2 atom stereocenters. The molecule has 0 radical (unpaired) electrons. The minimum atomic E-state index is -0.526. The first-order valence-corrected chi connectivity index (χ1v) is 7.95. The molecule has 2 saturated heterocycles. The summed E-state index contributed by atoms with van der Waals surface area (Å²) in [4.78, 5) is 29.2. The van der Waals surface area contributed by atoms with E-state index in [-0.39, 0.29) is 6.04 Å². The van der Waals surface area contributed by atoms with E-state index in [4.69, 9.17) is 11.6 Å². The van der Waals surface area contributed by atoms with Gasteiger partial charge in [0.25, 0.3) is 0 Å². The summed E-state index contributed by atoms with van der Waals surface area (Å²) >= 11 is 6.00.